The van der Waals surface area contributed by atoms with Crippen molar-refractivity contribution >= 4 is 11.9 Å². The maximum absolute atomic E-state index is 8.26. The minimum atomic E-state index is -0.354. The van der Waals surface area contributed by atoms with E-state index in [-0.39, 0.29) is 35.7 Å². The van der Waals surface area contributed by atoms with Crippen molar-refractivity contribution in [3.05, 3.63) is 0 Å². The first kappa shape index (κ1) is 14.3. The Balaban J connectivity index is 3.81. The van der Waals surface area contributed by atoms with Crippen molar-refractivity contribution in [3.63, 3.8) is 0 Å². The van der Waals surface area contributed by atoms with E-state index in [0.29, 0.717) is 0 Å². The van der Waals surface area contributed by atoms with Crippen LogP contribution < -0.4 is 22.3 Å². The number of nitrogens with one attached hydrogen (secondary N) is 2. The highest BCUT2D eigenvalue weighted by atomic mass is 16.8. The van der Waals surface area contributed by atoms with Crippen LogP contribution in [0.2, 0.25) is 0 Å². The predicted molar refractivity (Wildman–Crippen MR) is 50.1 cm³/mol. The number of hydrogen-bond acceptors (Lipinski definition) is 8. The van der Waals surface area contributed by atoms with Gasteiger partial charge in [-0.1, -0.05) is 0 Å². The van der Waals surface area contributed by atoms with Crippen LogP contribution in [0.3, 0.4) is 0 Å². The van der Waals surface area contributed by atoms with E-state index < -0.39 is 0 Å². The zero-order valence-corrected chi connectivity index (χ0v) is 8.15. The first-order chi connectivity index (χ1) is 7.41. The molecule has 0 fully saturated rings. The van der Waals surface area contributed by atoms with Crippen molar-refractivity contribution < 1.29 is 20.8 Å². The molecule has 0 heterocycles. The molecule has 0 unspecified atom stereocenters. The van der Waals surface area contributed by atoms with Crippen LogP contribution in [0.15, 0.2) is 9.98 Å². The number of guanidine groups is 2. The van der Waals surface area contributed by atoms with E-state index in [1.165, 1.54) is 0 Å². The maximum atomic E-state index is 8.26. The average molecular weight is 238 g/mol. The molecule has 0 aliphatic carbocycles. The molecule has 12 heteroatoms. The van der Waals surface area contributed by atoms with Crippen molar-refractivity contribution in [2.45, 2.75) is 0 Å². The molecule has 0 rings (SSSR count). The van der Waals surface area contributed by atoms with Crippen molar-refractivity contribution in [2.24, 2.45) is 21.5 Å². The largest absolute Gasteiger partial charge is 0.369 e. The summed E-state index contributed by atoms with van der Waals surface area (Å²) in [4.78, 5) is 7.22. The van der Waals surface area contributed by atoms with Gasteiger partial charge >= 0.3 is 0 Å². The molecule has 0 aromatic heterocycles. The lowest BCUT2D eigenvalue weighted by atomic mass is 10.6. The van der Waals surface area contributed by atoms with Crippen molar-refractivity contribution in [2.75, 3.05) is 13.1 Å². The van der Waals surface area contributed by atoms with Crippen LogP contribution >= 0.6 is 0 Å². The Kier molecular flexibility index (Phi) is 6.77. The van der Waals surface area contributed by atoms with Gasteiger partial charge in [0.1, 0.15) is 0 Å². The molecule has 0 bridgehead atoms. The second kappa shape index (κ2) is 7.57. The quantitative estimate of drug-likeness (QED) is 0.105. The summed E-state index contributed by atoms with van der Waals surface area (Å²) in [6.45, 7) is 0.206. The van der Waals surface area contributed by atoms with Gasteiger partial charge in [0.15, 0.2) is 0 Å². The van der Waals surface area contributed by atoms with Gasteiger partial charge in [-0.3, -0.25) is 30.8 Å². The summed E-state index contributed by atoms with van der Waals surface area (Å²) in [5.74, 6) is -0.477. The van der Waals surface area contributed by atoms with Gasteiger partial charge in [-0.25, -0.2) is 10.9 Å². The van der Waals surface area contributed by atoms with E-state index in [1.54, 1.807) is 0 Å². The fourth-order valence-electron chi connectivity index (χ4n) is 0.617. The highest BCUT2D eigenvalue weighted by Crippen LogP contribution is 1.75. The summed E-state index contributed by atoms with van der Waals surface area (Å²) in [5.41, 5.74) is 14.0. The Hall–Kier alpha value is -1.70. The van der Waals surface area contributed by atoms with E-state index in [4.69, 9.17) is 32.3 Å². The number of rotatable bonds is 5. The summed E-state index contributed by atoms with van der Waals surface area (Å²) in [5, 5.41) is 32.4. The third-order valence-electron chi connectivity index (χ3n) is 1.09. The van der Waals surface area contributed by atoms with Gasteiger partial charge in [-0.2, -0.15) is 0 Å². The molecule has 0 saturated heterocycles. The molecule has 94 valence electrons. The predicted octanol–water partition coefficient (Wildman–Crippen LogP) is -3.21. The highest BCUT2D eigenvalue weighted by Gasteiger charge is 1.96. The van der Waals surface area contributed by atoms with Crippen LogP contribution in [-0.2, 0) is 0 Å². The first-order valence-corrected chi connectivity index (χ1v) is 3.90. The number of nitrogens with zero attached hydrogens (tertiary/aromatic N) is 4. The van der Waals surface area contributed by atoms with Crippen molar-refractivity contribution in [1.82, 2.24) is 21.5 Å². The van der Waals surface area contributed by atoms with Crippen LogP contribution in [0, 0.1) is 0 Å². The molecule has 16 heavy (non-hydrogen) atoms. The van der Waals surface area contributed by atoms with Crippen molar-refractivity contribution in [1.29, 1.82) is 0 Å². The number of hydrogen-bond donors (Lipinski definition) is 8. The average Bonchev–Trinajstić information content (AvgIpc) is 2.10. The second-order valence-electron chi connectivity index (χ2n) is 2.34. The SMILES string of the molecule is NC(=NCCN=C(N)NN(O)O)NN(O)O. The standard InChI is InChI=1S/C4H14N8O4/c5-3(9-11(13)14)7-1-2-8-4(6)10-12(15)16/h13-16H,1-2H2,(H3,5,7,9)(H3,6,8,10). The molecule has 0 aliphatic heterocycles. The summed E-state index contributed by atoms with van der Waals surface area (Å²) >= 11 is 0. The molecule has 0 aliphatic rings. The third kappa shape index (κ3) is 8.88. The van der Waals surface area contributed by atoms with Gasteiger partial charge in [0.25, 0.3) is 0 Å². The molecule has 12 nitrogen and oxygen atoms in total. The van der Waals surface area contributed by atoms with Crippen LogP contribution in [0.5, 0.6) is 0 Å². The number of hydrazine groups is 2. The molecule has 0 radical (unpaired) electrons. The molecule has 0 spiro atoms. The zero-order valence-electron chi connectivity index (χ0n) is 8.15. The third-order valence-corrected chi connectivity index (χ3v) is 1.09. The Morgan fingerprint density at radius 2 is 1.19 bits per heavy atom. The van der Waals surface area contributed by atoms with Gasteiger partial charge < -0.3 is 11.5 Å². The molecular formula is C4H14N8O4. The smallest absolute Gasteiger partial charge is 0.207 e. The normalized spacial score (nSPS) is 13.4. The van der Waals surface area contributed by atoms with Crippen LogP contribution in [0.1, 0.15) is 0 Å². The van der Waals surface area contributed by atoms with E-state index in [0.717, 1.165) is 0 Å². The van der Waals surface area contributed by atoms with Crippen molar-refractivity contribution in [3.8, 4) is 0 Å². The molecular weight excluding hydrogens is 224 g/mol. The van der Waals surface area contributed by atoms with E-state index in [9.17, 15) is 0 Å². The van der Waals surface area contributed by atoms with Crippen LogP contribution in [-0.4, -0.2) is 56.5 Å². The lowest BCUT2D eigenvalue weighted by Crippen LogP contribution is -2.43. The summed E-state index contributed by atoms with van der Waals surface area (Å²) in [7, 11) is 0. The van der Waals surface area contributed by atoms with Crippen LogP contribution in [0.25, 0.3) is 0 Å². The minimum Gasteiger partial charge on any atom is -0.369 e. The second-order valence-corrected chi connectivity index (χ2v) is 2.34. The van der Waals surface area contributed by atoms with Gasteiger partial charge in [0, 0.05) is 10.7 Å². The first-order valence-electron chi connectivity index (χ1n) is 3.90. The van der Waals surface area contributed by atoms with E-state index in [2.05, 4.69) is 9.98 Å². The Morgan fingerprint density at radius 1 is 0.875 bits per heavy atom. The molecule has 10 N–H and O–H groups in total. The molecule has 0 saturated carbocycles. The Labute approximate surface area is 89.9 Å². The lowest BCUT2D eigenvalue weighted by molar-refractivity contribution is -0.330. The Morgan fingerprint density at radius 3 is 1.44 bits per heavy atom. The van der Waals surface area contributed by atoms with Gasteiger partial charge in [0.2, 0.25) is 11.9 Å². The fraction of sp³-hybridized carbons (Fsp3) is 0.500. The van der Waals surface area contributed by atoms with E-state index in [1.807, 2.05) is 10.9 Å². The maximum Gasteiger partial charge on any atom is 0.207 e. The Bertz CT molecular complexity index is 226. The molecule has 0 aromatic carbocycles. The monoisotopic (exact) mass is 238 g/mol. The van der Waals surface area contributed by atoms with Gasteiger partial charge in [-0.05, 0) is 0 Å². The highest BCUT2D eigenvalue weighted by molar-refractivity contribution is 5.77. The zero-order chi connectivity index (χ0) is 12.6. The summed E-state index contributed by atoms with van der Waals surface area (Å²) < 4.78 is 0. The lowest BCUT2D eigenvalue weighted by Gasteiger charge is -2.08. The van der Waals surface area contributed by atoms with Gasteiger partial charge in [0.05, 0.1) is 13.1 Å². The summed E-state index contributed by atoms with van der Waals surface area (Å²) in [6.07, 6.45) is 0. The topological polar surface area (TPSA) is 188 Å². The van der Waals surface area contributed by atoms with Crippen LogP contribution in [0.4, 0.5) is 0 Å². The number of nitrogens with two attached hydrogens (primary N) is 2. The minimum absolute atomic E-state index is 0.103. The van der Waals surface area contributed by atoms with E-state index >= 15 is 0 Å². The molecule has 0 amide bonds. The molecule has 0 aromatic rings. The molecule has 0 atom stereocenters. The fourth-order valence-corrected chi connectivity index (χ4v) is 0.617. The number of aliphatic imine (C=N–C) groups is 2. The van der Waals surface area contributed by atoms with Gasteiger partial charge in [-0.15, -0.1) is 0 Å². The summed E-state index contributed by atoms with van der Waals surface area (Å²) in [6, 6.07) is 0.